The number of rotatable bonds is 2. The van der Waals surface area contributed by atoms with Crippen LogP contribution in [0.15, 0.2) is 60.8 Å². The lowest BCUT2D eigenvalue weighted by Crippen LogP contribution is -1.89. The fourth-order valence-corrected chi connectivity index (χ4v) is 1.87. The molecule has 3 rings (SSSR count). The number of nitrogens with zero attached hydrogens (tertiary/aromatic N) is 2. The van der Waals surface area contributed by atoms with Crippen molar-refractivity contribution in [2.45, 2.75) is 0 Å². The maximum atomic E-state index is 10.0. The van der Waals surface area contributed by atoms with Crippen molar-refractivity contribution >= 4 is 22.9 Å². The molecule has 0 fully saturated rings. The average molecular weight is 248 g/mol. The predicted molar refractivity (Wildman–Crippen MR) is 76.5 cm³/mol. The smallest absolute Gasteiger partial charge is 0.125 e. The van der Waals surface area contributed by atoms with Gasteiger partial charge in [-0.25, -0.2) is 4.98 Å². The molecule has 0 aliphatic carbocycles. The van der Waals surface area contributed by atoms with Crippen LogP contribution in [0.2, 0.25) is 0 Å². The van der Waals surface area contributed by atoms with Gasteiger partial charge in [0.05, 0.1) is 22.9 Å². The van der Waals surface area contributed by atoms with Crippen molar-refractivity contribution in [2.75, 3.05) is 0 Å². The summed E-state index contributed by atoms with van der Waals surface area (Å²) in [6, 6.07) is 17.0. The van der Waals surface area contributed by atoms with Gasteiger partial charge in [0.25, 0.3) is 0 Å². The predicted octanol–water partition coefficient (Wildman–Crippen LogP) is 3.69. The van der Waals surface area contributed by atoms with Crippen LogP contribution in [0.25, 0.3) is 22.9 Å². The number of hydrogen-bond acceptors (Lipinski definition) is 3. The largest absolute Gasteiger partial charge is 0.507 e. The van der Waals surface area contributed by atoms with E-state index in [9.17, 15) is 5.11 Å². The fraction of sp³-hybridized carbons (Fsp3) is 0. The quantitative estimate of drug-likeness (QED) is 0.703. The third kappa shape index (κ3) is 2.45. The number of fused-ring (bicyclic) bond motifs is 1. The summed E-state index contributed by atoms with van der Waals surface area (Å²) in [5.41, 5.74) is 3.06. The highest BCUT2D eigenvalue weighted by atomic mass is 16.3. The lowest BCUT2D eigenvalue weighted by atomic mass is 10.1. The minimum absolute atomic E-state index is 0.185. The van der Waals surface area contributed by atoms with Gasteiger partial charge >= 0.3 is 0 Å². The molecule has 0 aliphatic heterocycles. The summed E-state index contributed by atoms with van der Waals surface area (Å²) in [5, 5.41) is 10.0. The maximum absolute atomic E-state index is 10.0. The van der Waals surface area contributed by atoms with Crippen LogP contribution in [-0.2, 0) is 0 Å². The zero-order valence-corrected chi connectivity index (χ0v) is 10.2. The first-order valence-electron chi connectivity index (χ1n) is 6.01. The van der Waals surface area contributed by atoms with Crippen LogP contribution in [0.1, 0.15) is 11.3 Å². The molecule has 0 saturated heterocycles. The normalized spacial score (nSPS) is 11.7. The van der Waals surface area contributed by atoms with Crippen LogP contribution in [0.4, 0.5) is 0 Å². The summed E-state index contributed by atoms with van der Waals surface area (Å²) in [6.07, 6.45) is 3.27. The second-order valence-corrected chi connectivity index (χ2v) is 4.18. The first kappa shape index (κ1) is 11.4. The molecule has 3 aromatic rings. The van der Waals surface area contributed by atoms with Crippen molar-refractivity contribution < 1.29 is 5.11 Å². The van der Waals surface area contributed by atoms with Gasteiger partial charge in [0, 0.05) is 11.6 Å². The lowest BCUT2D eigenvalue weighted by Gasteiger charge is -2.01. The van der Waals surface area contributed by atoms with Crippen LogP contribution in [-0.4, -0.2) is 15.1 Å². The first-order valence-corrected chi connectivity index (χ1v) is 6.01. The molecule has 1 heterocycles. The third-order valence-corrected chi connectivity index (χ3v) is 2.82. The first-order chi connectivity index (χ1) is 9.33. The van der Waals surface area contributed by atoms with Crippen molar-refractivity contribution in [3.63, 3.8) is 0 Å². The van der Waals surface area contributed by atoms with E-state index < -0.39 is 0 Å². The summed E-state index contributed by atoms with van der Waals surface area (Å²) in [7, 11) is 0. The number of para-hydroxylation sites is 2. The molecule has 1 N–H and O–H groups in total. The summed E-state index contributed by atoms with van der Waals surface area (Å²) in [6.45, 7) is 0. The van der Waals surface area contributed by atoms with Gasteiger partial charge < -0.3 is 5.11 Å². The molecule has 0 bridgehead atoms. The Labute approximate surface area is 110 Å². The molecule has 0 saturated carbocycles. The van der Waals surface area contributed by atoms with E-state index in [-0.39, 0.29) is 5.76 Å². The molecule has 1 aromatic heterocycles. The Morgan fingerprint density at radius 1 is 0.895 bits per heavy atom. The summed E-state index contributed by atoms with van der Waals surface area (Å²) in [5.74, 6) is 0.185. The molecule has 3 nitrogen and oxygen atoms in total. The van der Waals surface area contributed by atoms with E-state index in [0.717, 1.165) is 16.6 Å². The Bertz CT molecular complexity index is 736. The van der Waals surface area contributed by atoms with Gasteiger partial charge in [0.2, 0.25) is 0 Å². The topological polar surface area (TPSA) is 46.0 Å². The molecule has 92 valence electrons. The molecule has 2 aromatic carbocycles. The van der Waals surface area contributed by atoms with Crippen molar-refractivity contribution in [2.24, 2.45) is 0 Å². The highest BCUT2D eigenvalue weighted by molar-refractivity contribution is 5.79. The minimum atomic E-state index is 0.185. The Kier molecular flexibility index (Phi) is 2.94. The summed E-state index contributed by atoms with van der Waals surface area (Å²) >= 11 is 0. The van der Waals surface area contributed by atoms with E-state index in [2.05, 4.69) is 9.97 Å². The lowest BCUT2D eigenvalue weighted by molar-refractivity contribution is 0.515. The van der Waals surface area contributed by atoms with Crippen molar-refractivity contribution in [1.82, 2.24) is 9.97 Å². The molecule has 0 unspecified atom stereocenters. The van der Waals surface area contributed by atoms with E-state index in [1.165, 1.54) is 0 Å². The zero-order chi connectivity index (χ0) is 13.1. The van der Waals surface area contributed by atoms with Gasteiger partial charge in [0.15, 0.2) is 0 Å². The Morgan fingerprint density at radius 3 is 2.37 bits per heavy atom. The van der Waals surface area contributed by atoms with Gasteiger partial charge in [-0.05, 0) is 12.1 Å². The summed E-state index contributed by atoms with van der Waals surface area (Å²) < 4.78 is 0. The fourth-order valence-electron chi connectivity index (χ4n) is 1.87. The minimum Gasteiger partial charge on any atom is -0.507 e. The monoisotopic (exact) mass is 248 g/mol. The molecule has 0 amide bonds. The van der Waals surface area contributed by atoms with Crippen LogP contribution in [0.5, 0.6) is 0 Å². The van der Waals surface area contributed by atoms with E-state index in [1.807, 2.05) is 54.6 Å². The van der Waals surface area contributed by atoms with E-state index in [0.29, 0.717) is 5.69 Å². The molecule has 0 radical (unpaired) electrons. The number of aromatic nitrogens is 2. The van der Waals surface area contributed by atoms with E-state index in [4.69, 9.17) is 0 Å². The van der Waals surface area contributed by atoms with E-state index >= 15 is 0 Å². The SMILES string of the molecule is O/C(=C\c1cnc2ccccc2n1)c1ccccc1. The number of aliphatic hydroxyl groups is 1. The molecule has 0 spiro atoms. The maximum Gasteiger partial charge on any atom is 0.125 e. The van der Waals surface area contributed by atoms with Crippen molar-refractivity contribution in [3.8, 4) is 0 Å². The molecule has 0 atom stereocenters. The van der Waals surface area contributed by atoms with Crippen LogP contribution >= 0.6 is 0 Å². The second-order valence-electron chi connectivity index (χ2n) is 4.18. The standard InChI is InChI=1S/C16H12N2O/c19-16(12-6-2-1-3-7-12)10-13-11-17-14-8-4-5-9-15(14)18-13/h1-11,19H/b16-10-. The van der Waals surface area contributed by atoms with Gasteiger partial charge in [-0.3, -0.25) is 4.98 Å². The summed E-state index contributed by atoms with van der Waals surface area (Å²) in [4.78, 5) is 8.75. The third-order valence-electron chi connectivity index (χ3n) is 2.82. The Balaban J connectivity index is 2.01. The van der Waals surface area contributed by atoms with Crippen LogP contribution in [0.3, 0.4) is 0 Å². The Hall–Kier alpha value is -2.68. The molecule has 0 aliphatic rings. The number of benzene rings is 2. The van der Waals surface area contributed by atoms with Gasteiger partial charge in [-0.1, -0.05) is 42.5 Å². The van der Waals surface area contributed by atoms with Crippen molar-refractivity contribution in [3.05, 3.63) is 72.1 Å². The molecule has 19 heavy (non-hydrogen) atoms. The Morgan fingerprint density at radius 2 is 1.58 bits per heavy atom. The second kappa shape index (κ2) is 4.90. The van der Waals surface area contributed by atoms with Gasteiger partial charge in [-0.15, -0.1) is 0 Å². The highest BCUT2D eigenvalue weighted by Crippen LogP contribution is 2.15. The van der Waals surface area contributed by atoms with Gasteiger partial charge in [0.1, 0.15) is 5.76 Å². The van der Waals surface area contributed by atoms with E-state index in [1.54, 1.807) is 12.3 Å². The molecule has 3 heteroatoms. The van der Waals surface area contributed by atoms with Crippen molar-refractivity contribution in [1.29, 1.82) is 0 Å². The number of hydrogen-bond donors (Lipinski definition) is 1. The highest BCUT2D eigenvalue weighted by Gasteiger charge is 2.01. The number of aliphatic hydroxyl groups excluding tert-OH is 1. The zero-order valence-electron chi connectivity index (χ0n) is 10.2. The molecular formula is C16H12N2O. The average Bonchev–Trinajstić information content (AvgIpc) is 2.48. The van der Waals surface area contributed by atoms with Crippen LogP contribution < -0.4 is 0 Å². The molecular weight excluding hydrogens is 236 g/mol. The van der Waals surface area contributed by atoms with Gasteiger partial charge in [-0.2, -0.15) is 0 Å². The van der Waals surface area contributed by atoms with Crippen LogP contribution in [0, 0.1) is 0 Å².